The highest BCUT2D eigenvalue weighted by Crippen LogP contribution is 2.15. The van der Waals surface area contributed by atoms with Crippen molar-refractivity contribution in [3.05, 3.63) is 41.1 Å². The van der Waals surface area contributed by atoms with Gasteiger partial charge in [-0.25, -0.2) is 9.97 Å². The Labute approximate surface area is 104 Å². The van der Waals surface area contributed by atoms with E-state index in [0.29, 0.717) is 0 Å². The molecule has 6 nitrogen and oxygen atoms in total. The van der Waals surface area contributed by atoms with Gasteiger partial charge in [-0.2, -0.15) is 23.0 Å². The van der Waals surface area contributed by atoms with Crippen LogP contribution in [0.2, 0.25) is 0 Å². The lowest BCUT2D eigenvalue weighted by Crippen LogP contribution is -2.21. The second-order valence-corrected chi connectivity index (χ2v) is 3.40. The van der Waals surface area contributed by atoms with E-state index in [4.69, 9.17) is 0 Å². The quantitative estimate of drug-likeness (QED) is 0.832. The number of alkyl halides is 3. The third kappa shape index (κ3) is 3.50. The summed E-state index contributed by atoms with van der Waals surface area (Å²) < 4.78 is 41.1. The summed E-state index contributed by atoms with van der Waals surface area (Å²) in [6.45, 7) is -1.48. The first-order chi connectivity index (χ1) is 8.96. The van der Waals surface area contributed by atoms with Gasteiger partial charge in [0, 0.05) is 12.3 Å². The molecule has 19 heavy (non-hydrogen) atoms. The minimum atomic E-state index is -4.46. The monoisotopic (exact) mass is 272 g/mol. The van der Waals surface area contributed by atoms with Crippen LogP contribution in [0.15, 0.2) is 35.5 Å². The molecule has 2 rings (SSSR count). The first kappa shape index (κ1) is 13.0. The highest BCUT2D eigenvalue weighted by atomic mass is 19.4. The van der Waals surface area contributed by atoms with Crippen molar-refractivity contribution in [1.29, 1.82) is 0 Å². The van der Waals surface area contributed by atoms with Crippen LogP contribution in [0.1, 0.15) is 0 Å². The molecule has 0 fully saturated rings. The minimum Gasteiger partial charge on any atom is -0.454 e. The lowest BCUT2D eigenvalue weighted by molar-refractivity contribution is -0.154. The van der Waals surface area contributed by atoms with Crippen LogP contribution in [0.4, 0.5) is 13.2 Å². The fraction of sp³-hybridized carbons (Fsp3) is 0.200. The van der Waals surface area contributed by atoms with Crippen molar-refractivity contribution >= 4 is 0 Å². The molecule has 0 saturated heterocycles. The van der Waals surface area contributed by atoms with Crippen LogP contribution in [0.5, 0.6) is 6.01 Å². The Hall–Kier alpha value is -2.45. The highest BCUT2D eigenvalue weighted by Gasteiger charge is 2.28. The van der Waals surface area contributed by atoms with E-state index in [9.17, 15) is 18.0 Å². The average molecular weight is 272 g/mol. The zero-order chi connectivity index (χ0) is 13.9. The molecule has 0 bridgehead atoms. The molecule has 0 radical (unpaired) electrons. The molecule has 0 unspecified atom stereocenters. The van der Waals surface area contributed by atoms with E-state index < -0.39 is 24.4 Å². The van der Waals surface area contributed by atoms with E-state index in [2.05, 4.69) is 19.8 Å². The van der Waals surface area contributed by atoms with Gasteiger partial charge in [0.1, 0.15) is 5.69 Å². The van der Waals surface area contributed by atoms with Crippen LogP contribution < -0.4 is 10.3 Å². The number of rotatable bonds is 3. The van der Waals surface area contributed by atoms with Crippen LogP contribution >= 0.6 is 0 Å². The van der Waals surface area contributed by atoms with E-state index >= 15 is 0 Å². The molecular weight excluding hydrogens is 265 g/mol. The zero-order valence-electron chi connectivity index (χ0n) is 9.33. The third-order valence-electron chi connectivity index (χ3n) is 1.94. The van der Waals surface area contributed by atoms with Crippen LogP contribution in [0.3, 0.4) is 0 Å². The SMILES string of the molecule is O=c1cccnn1-c1cnc(OCC(F)(F)F)nc1. The molecular formula is C10H7F3N4O2. The molecule has 2 heterocycles. The summed E-state index contributed by atoms with van der Waals surface area (Å²) in [7, 11) is 0. The van der Waals surface area contributed by atoms with Gasteiger partial charge in [-0.05, 0) is 6.07 Å². The van der Waals surface area contributed by atoms with E-state index in [1.54, 1.807) is 0 Å². The van der Waals surface area contributed by atoms with Crippen molar-refractivity contribution in [2.45, 2.75) is 6.18 Å². The Balaban J connectivity index is 2.15. The molecule has 0 amide bonds. The van der Waals surface area contributed by atoms with Crippen molar-refractivity contribution in [3.8, 4) is 11.7 Å². The topological polar surface area (TPSA) is 69.9 Å². The van der Waals surface area contributed by atoms with Crippen molar-refractivity contribution < 1.29 is 17.9 Å². The normalized spacial score (nSPS) is 11.3. The van der Waals surface area contributed by atoms with E-state index in [-0.39, 0.29) is 5.69 Å². The summed E-state index contributed by atoms with van der Waals surface area (Å²) in [5.41, 5.74) is -0.181. The molecule has 0 atom stereocenters. The Bertz CT molecular complexity index is 609. The fourth-order valence-corrected chi connectivity index (χ4v) is 1.19. The van der Waals surface area contributed by atoms with Crippen molar-refractivity contribution in [2.24, 2.45) is 0 Å². The molecule has 2 aromatic rings. The number of hydrogen-bond acceptors (Lipinski definition) is 5. The molecule has 0 aliphatic carbocycles. The van der Waals surface area contributed by atoms with Crippen LogP contribution in [0, 0.1) is 0 Å². The molecule has 2 aromatic heterocycles. The summed E-state index contributed by atoms with van der Waals surface area (Å²) in [6, 6.07) is 2.31. The van der Waals surface area contributed by atoms with Gasteiger partial charge in [-0.1, -0.05) is 0 Å². The summed E-state index contributed by atoms with van der Waals surface area (Å²) in [5.74, 6) is 0. The van der Waals surface area contributed by atoms with Crippen LogP contribution in [0.25, 0.3) is 5.69 Å². The van der Waals surface area contributed by atoms with Gasteiger partial charge >= 0.3 is 12.2 Å². The maximum absolute atomic E-state index is 11.9. The van der Waals surface area contributed by atoms with Gasteiger partial charge in [0.2, 0.25) is 0 Å². The highest BCUT2D eigenvalue weighted by molar-refractivity contribution is 5.24. The Morgan fingerprint density at radius 3 is 2.53 bits per heavy atom. The maximum atomic E-state index is 11.9. The van der Waals surface area contributed by atoms with Gasteiger partial charge in [0.15, 0.2) is 6.61 Å². The van der Waals surface area contributed by atoms with Gasteiger partial charge in [-0.15, -0.1) is 0 Å². The van der Waals surface area contributed by atoms with Crippen molar-refractivity contribution in [1.82, 2.24) is 19.7 Å². The smallest absolute Gasteiger partial charge is 0.422 e. The largest absolute Gasteiger partial charge is 0.454 e. The predicted octanol–water partition coefficient (Wildman–Crippen LogP) is 0.964. The standard InChI is InChI=1S/C10H7F3N4O2/c11-10(12,13)6-19-9-14-4-7(5-15-9)17-8(18)2-1-3-16-17/h1-5H,6H2. The minimum absolute atomic E-state index is 0.227. The molecule has 9 heteroatoms. The van der Waals surface area contributed by atoms with Crippen molar-refractivity contribution in [3.63, 3.8) is 0 Å². The molecule has 0 saturated carbocycles. The Morgan fingerprint density at radius 1 is 1.26 bits per heavy atom. The van der Waals surface area contributed by atoms with E-state index in [1.165, 1.54) is 18.3 Å². The average Bonchev–Trinajstić information content (AvgIpc) is 2.37. The summed E-state index contributed by atoms with van der Waals surface area (Å²) in [4.78, 5) is 18.6. The third-order valence-corrected chi connectivity index (χ3v) is 1.94. The lowest BCUT2D eigenvalue weighted by atomic mass is 10.5. The second-order valence-electron chi connectivity index (χ2n) is 3.40. The Kier molecular flexibility index (Phi) is 3.45. The molecule has 0 aromatic carbocycles. The molecule has 0 aliphatic heterocycles. The van der Waals surface area contributed by atoms with Gasteiger partial charge in [0.05, 0.1) is 12.4 Å². The van der Waals surface area contributed by atoms with Crippen LogP contribution in [-0.2, 0) is 0 Å². The first-order valence-electron chi connectivity index (χ1n) is 5.02. The zero-order valence-corrected chi connectivity index (χ0v) is 9.33. The fourth-order valence-electron chi connectivity index (χ4n) is 1.19. The number of nitrogens with zero attached hydrogens (tertiary/aromatic N) is 4. The second kappa shape index (κ2) is 5.04. The molecule has 0 aliphatic rings. The first-order valence-corrected chi connectivity index (χ1v) is 5.02. The van der Waals surface area contributed by atoms with Crippen LogP contribution in [-0.4, -0.2) is 32.5 Å². The van der Waals surface area contributed by atoms with Gasteiger partial charge in [-0.3, -0.25) is 4.79 Å². The summed E-state index contributed by atoms with van der Waals surface area (Å²) in [5, 5.41) is 3.77. The number of hydrogen-bond donors (Lipinski definition) is 0. The Morgan fingerprint density at radius 2 is 1.95 bits per heavy atom. The lowest BCUT2D eigenvalue weighted by Gasteiger charge is -2.07. The van der Waals surface area contributed by atoms with E-state index in [1.807, 2.05) is 0 Å². The van der Waals surface area contributed by atoms with Crippen molar-refractivity contribution in [2.75, 3.05) is 6.61 Å². The molecule has 0 spiro atoms. The molecule has 100 valence electrons. The summed E-state index contributed by atoms with van der Waals surface area (Å²) in [6.07, 6.45) is -0.782. The van der Waals surface area contributed by atoms with Gasteiger partial charge in [0.25, 0.3) is 5.56 Å². The summed E-state index contributed by atoms with van der Waals surface area (Å²) >= 11 is 0. The van der Waals surface area contributed by atoms with Gasteiger partial charge < -0.3 is 4.74 Å². The van der Waals surface area contributed by atoms with E-state index in [0.717, 1.165) is 17.1 Å². The maximum Gasteiger partial charge on any atom is 0.422 e. The number of aromatic nitrogens is 4. The number of halogens is 3. The number of ether oxygens (including phenoxy) is 1. The molecule has 0 N–H and O–H groups in total. The predicted molar refractivity (Wildman–Crippen MR) is 57.0 cm³/mol.